The van der Waals surface area contributed by atoms with Crippen LogP contribution in [-0.2, 0) is 6.54 Å². The summed E-state index contributed by atoms with van der Waals surface area (Å²) in [6.07, 6.45) is 2.61. The average Bonchev–Trinajstić information content (AvgIpc) is 3.27. The van der Waals surface area contributed by atoms with E-state index in [4.69, 9.17) is 4.74 Å². The zero-order valence-electron chi connectivity index (χ0n) is 12.1. The van der Waals surface area contributed by atoms with Crippen molar-refractivity contribution < 1.29 is 4.74 Å². The molecule has 20 heavy (non-hydrogen) atoms. The van der Waals surface area contributed by atoms with Crippen molar-refractivity contribution in [3.05, 3.63) is 59.2 Å². The Morgan fingerprint density at radius 1 is 1.00 bits per heavy atom. The molecule has 3 rings (SSSR count). The molecule has 0 bridgehead atoms. The van der Waals surface area contributed by atoms with Crippen LogP contribution in [0.1, 0.15) is 29.5 Å². The first-order chi connectivity index (χ1) is 9.74. The van der Waals surface area contributed by atoms with Crippen molar-refractivity contribution in [1.82, 2.24) is 5.32 Å². The van der Waals surface area contributed by atoms with Crippen molar-refractivity contribution in [2.45, 2.75) is 39.3 Å². The molecule has 0 aliphatic heterocycles. The van der Waals surface area contributed by atoms with Crippen LogP contribution in [-0.4, -0.2) is 6.04 Å². The number of hydrogen-bond acceptors (Lipinski definition) is 2. The monoisotopic (exact) mass is 267 g/mol. The first-order valence-electron chi connectivity index (χ1n) is 7.29. The normalized spacial score (nSPS) is 14.3. The van der Waals surface area contributed by atoms with Gasteiger partial charge in [-0.3, -0.25) is 0 Å². The molecule has 2 nitrogen and oxygen atoms in total. The second-order valence-corrected chi connectivity index (χ2v) is 5.56. The molecule has 1 aliphatic carbocycles. The van der Waals surface area contributed by atoms with E-state index in [0.29, 0.717) is 6.04 Å². The van der Waals surface area contributed by atoms with E-state index in [-0.39, 0.29) is 0 Å². The van der Waals surface area contributed by atoms with E-state index < -0.39 is 0 Å². The van der Waals surface area contributed by atoms with E-state index in [2.05, 4.69) is 37.4 Å². The lowest BCUT2D eigenvalue weighted by Gasteiger charge is -2.14. The number of rotatable bonds is 5. The van der Waals surface area contributed by atoms with Crippen LogP contribution in [0.2, 0.25) is 0 Å². The fraction of sp³-hybridized carbons (Fsp3) is 0.333. The van der Waals surface area contributed by atoms with Crippen molar-refractivity contribution >= 4 is 0 Å². The minimum Gasteiger partial charge on any atom is -0.457 e. The van der Waals surface area contributed by atoms with Crippen molar-refractivity contribution in [3.8, 4) is 11.5 Å². The quantitative estimate of drug-likeness (QED) is 0.869. The number of ether oxygens (including phenoxy) is 1. The topological polar surface area (TPSA) is 21.3 Å². The van der Waals surface area contributed by atoms with Crippen molar-refractivity contribution in [2.24, 2.45) is 0 Å². The Hall–Kier alpha value is -1.80. The van der Waals surface area contributed by atoms with Crippen molar-refractivity contribution in [3.63, 3.8) is 0 Å². The van der Waals surface area contributed by atoms with Gasteiger partial charge in [-0.25, -0.2) is 0 Å². The highest BCUT2D eigenvalue weighted by Gasteiger charge is 2.20. The number of aryl methyl sites for hydroxylation is 1. The number of para-hydroxylation sites is 1. The predicted molar refractivity (Wildman–Crippen MR) is 82.3 cm³/mol. The first kappa shape index (κ1) is 13.2. The third-order valence-electron chi connectivity index (χ3n) is 3.91. The lowest BCUT2D eigenvalue weighted by Crippen LogP contribution is -2.15. The second-order valence-electron chi connectivity index (χ2n) is 5.56. The summed E-state index contributed by atoms with van der Waals surface area (Å²) in [5, 5.41) is 3.55. The Morgan fingerprint density at radius 3 is 2.55 bits per heavy atom. The van der Waals surface area contributed by atoms with Crippen LogP contribution in [0, 0.1) is 13.8 Å². The number of hydrogen-bond donors (Lipinski definition) is 1. The molecule has 0 radical (unpaired) electrons. The maximum Gasteiger partial charge on any atom is 0.131 e. The SMILES string of the molecule is Cc1cccc(Oc2ccccc2CNC2CC2)c1C. The fourth-order valence-electron chi connectivity index (χ4n) is 2.24. The van der Waals surface area contributed by atoms with Gasteiger partial charge >= 0.3 is 0 Å². The molecular weight excluding hydrogens is 246 g/mol. The summed E-state index contributed by atoms with van der Waals surface area (Å²) in [4.78, 5) is 0. The van der Waals surface area contributed by atoms with Gasteiger partial charge in [0.1, 0.15) is 11.5 Å². The minimum absolute atomic E-state index is 0.712. The highest BCUT2D eigenvalue weighted by Crippen LogP contribution is 2.29. The van der Waals surface area contributed by atoms with Crippen LogP contribution in [0.3, 0.4) is 0 Å². The molecule has 104 valence electrons. The summed E-state index contributed by atoms with van der Waals surface area (Å²) in [5.74, 6) is 1.90. The van der Waals surface area contributed by atoms with E-state index in [9.17, 15) is 0 Å². The Kier molecular flexibility index (Phi) is 3.75. The van der Waals surface area contributed by atoms with Gasteiger partial charge in [0.05, 0.1) is 0 Å². The van der Waals surface area contributed by atoms with E-state index in [0.717, 1.165) is 18.0 Å². The van der Waals surface area contributed by atoms with E-state index >= 15 is 0 Å². The maximum atomic E-state index is 6.13. The molecule has 0 atom stereocenters. The van der Waals surface area contributed by atoms with Crippen LogP contribution in [0.5, 0.6) is 11.5 Å². The lowest BCUT2D eigenvalue weighted by atomic mass is 10.1. The molecular formula is C18H21NO. The van der Waals surface area contributed by atoms with Gasteiger partial charge < -0.3 is 10.1 Å². The summed E-state index contributed by atoms with van der Waals surface area (Å²) in [6, 6.07) is 15.2. The second kappa shape index (κ2) is 5.68. The first-order valence-corrected chi connectivity index (χ1v) is 7.29. The summed E-state index contributed by atoms with van der Waals surface area (Å²) >= 11 is 0. The third kappa shape index (κ3) is 3.02. The Bertz CT molecular complexity index is 602. The standard InChI is InChI=1S/C18H21NO/c1-13-6-5-9-17(14(13)2)20-18-8-4-3-7-15(18)12-19-16-10-11-16/h3-9,16,19H,10-12H2,1-2H3. The molecule has 2 aromatic carbocycles. The van der Waals surface area contributed by atoms with Crippen LogP contribution in [0.4, 0.5) is 0 Å². The highest BCUT2D eigenvalue weighted by atomic mass is 16.5. The molecule has 2 heteroatoms. The van der Waals surface area contributed by atoms with Gasteiger partial charge in [-0.1, -0.05) is 30.3 Å². The Balaban J connectivity index is 1.80. The van der Waals surface area contributed by atoms with Crippen LogP contribution in [0.25, 0.3) is 0 Å². The van der Waals surface area contributed by atoms with E-state index in [1.807, 2.05) is 24.3 Å². The molecule has 1 N–H and O–H groups in total. The van der Waals surface area contributed by atoms with Gasteiger partial charge in [-0.2, -0.15) is 0 Å². The van der Waals surface area contributed by atoms with Gasteiger partial charge in [0, 0.05) is 18.2 Å². The summed E-state index contributed by atoms with van der Waals surface area (Å²) in [5.41, 5.74) is 3.69. The van der Waals surface area contributed by atoms with Gasteiger partial charge in [-0.05, 0) is 49.9 Å². The van der Waals surface area contributed by atoms with Gasteiger partial charge in [-0.15, -0.1) is 0 Å². The zero-order chi connectivity index (χ0) is 13.9. The molecule has 0 unspecified atom stereocenters. The number of nitrogens with one attached hydrogen (secondary N) is 1. The predicted octanol–water partition coefficient (Wildman–Crippen LogP) is 4.35. The van der Waals surface area contributed by atoms with Gasteiger partial charge in [0.25, 0.3) is 0 Å². The summed E-state index contributed by atoms with van der Waals surface area (Å²) in [7, 11) is 0. The van der Waals surface area contributed by atoms with Crippen LogP contribution >= 0.6 is 0 Å². The van der Waals surface area contributed by atoms with Crippen LogP contribution < -0.4 is 10.1 Å². The lowest BCUT2D eigenvalue weighted by molar-refractivity contribution is 0.468. The molecule has 1 aliphatic rings. The average molecular weight is 267 g/mol. The molecule has 1 fully saturated rings. The largest absolute Gasteiger partial charge is 0.457 e. The summed E-state index contributed by atoms with van der Waals surface area (Å²) < 4.78 is 6.13. The van der Waals surface area contributed by atoms with Crippen molar-refractivity contribution in [2.75, 3.05) is 0 Å². The minimum atomic E-state index is 0.712. The zero-order valence-corrected chi connectivity index (χ0v) is 12.1. The highest BCUT2D eigenvalue weighted by molar-refractivity contribution is 5.43. The van der Waals surface area contributed by atoms with Gasteiger partial charge in [0.2, 0.25) is 0 Å². The smallest absolute Gasteiger partial charge is 0.131 e. The summed E-state index contributed by atoms with van der Waals surface area (Å²) in [6.45, 7) is 5.10. The Morgan fingerprint density at radius 2 is 1.75 bits per heavy atom. The fourth-order valence-corrected chi connectivity index (χ4v) is 2.24. The molecule has 0 spiro atoms. The molecule has 0 saturated heterocycles. The van der Waals surface area contributed by atoms with Crippen LogP contribution in [0.15, 0.2) is 42.5 Å². The van der Waals surface area contributed by atoms with Gasteiger partial charge in [0.15, 0.2) is 0 Å². The van der Waals surface area contributed by atoms with E-state index in [1.165, 1.54) is 29.5 Å². The van der Waals surface area contributed by atoms with Crippen molar-refractivity contribution in [1.29, 1.82) is 0 Å². The molecule has 2 aromatic rings. The molecule has 0 amide bonds. The molecule has 0 aromatic heterocycles. The van der Waals surface area contributed by atoms with E-state index in [1.54, 1.807) is 0 Å². The molecule has 0 heterocycles. The molecule has 1 saturated carbocycles. The third-order valence-corrected chi connectivity index (χ3v) is 3.91. The number of benzene rings is 2. The Labute approximate surface area is 120 Å². The maximum absolute atomic E-state index is 6.13.